The lowest BCUT2D eigenvalue weighted by molar-refractivity contribution is -0.132. The van der Waals surface area contributed by atoms with Gasteiger partial charge in [0.2, 0.25) is 0 Å². The summed E-state index contributed by atoms with van der Waals surface area (Å²) in [5.41, 5.74) is 3.87. The lowest BCUT2D eigenvalue weighted by Crippen LogP contribution is -2.29. The van der Waals surface area contributed by atoms with E-state index in [0.29, 0.717) is 22.7 Å². The fraction of sp³-hybridized carbons (Fsp3) is 0.185. The average molecular weight is 484 g/mol. The Bertz CT molecular complexity index is 1540. The first-order valence-electron chi connectivity index (χ1n) is 11.3. The largest absolute Gasteiger partial charge is 0.507 e. The number of aliphatic hydroxyl groups is 1. The van der Waals surface area contributed by atoms with E-state index in [1.807, 2.05) is 38.1 Å². The molecular formula is C27H21N3O4S. The van der Waals surface area contributed by atoms with Gasteiger partial charge < -0.3 is 9.84 Å². The van der Waals surface area contributed by atoms with Crippen LogP contribution >= 0.6 is 11.3 Å². The number of fused-ring (bicyclic) bond motifs is 2. The number of carbonyl (C=O) groups is 2. The highest BCUT2D eigenvalue weighted by Gasteiger charge is 2.48. The summed E-state index contributed by atoms with van der Waals surface area (Å²) in [4.78, 5) is 37.0. The van der Waals surface area contributed by atoms with Gasteiger partial charge in [0.1, 0.15) is 17.6 Å². The Balaban J connectivity index is 1.53. The molecule has 8 heteroatoms. The normalized spacial score (nSPS) is 20.9. The summed E-state index contributed by atoms with van der Waals surface area (Å²) in [5.74, 6) is -0.937. The summed E-state index contributed by atoms with van der Waals surface area (Å²) in [6.07, 6.45) is 3.98. The van der Waals surface area contributed by atoms with Crippen LogP contribution in [0, 0.1) is 6.92 Å². The highest BCUT2D eigenvalue weighted by atomic mass is 32.1. The average Bonchev–Trinajstić information content (AvgIpc) is 3.51. The van der Waals surface area contributed by atoms with Gasteiger partial charge in [0.25, 0.3) is 5.78 Å². The lowest BCUT2D eigenvalue weighted by Gasteiger charge is -2.22. The smallest absolute Gasteiger partial charge is 0.301 e. The van der Waals surface area contributed by atoms with Crippen molar-refractivity contribution >= 4 is 44.1 Å². The molecule has 174 valence electrons. The molecule has 6 rings (SSSR count). The Morgan fingerprint density at radius 1 is 1.17 bits per heavy atom. The van der Waals surface area contributed by atoms with Gasteiger partial charge in [-0.3, -0.25) is 19.5 Å². The molecule has 0 aliphatic carbocycles. The summed E-state index contributed by atoms with van der Waals surface area (Å²) < 4.78 is 6.68. The zero-order valence-corrected chi connectivity index (χ0v) is 19.9. The van der Waals surface area contributed by atoms with Crippen LogP contribution in [0.5, 0.6) is 5.75 Å². The molecule has 2 aliphatic rings. The second kappa shape index (κ2) is 8.02. The minimum atomic E-state index is -0.853. The minimum absolute atomic E-state index is 0.0188. The van der Waals surface area contributed by atoms with E-state index in [4.69, 9.17) is 4.74 Å². The maximum absolute atomic E-state index is 13.4. The number of anilines is 1. The van der Waals surface area contributed by atoms with E-state index in [9.17, 15) is 14.7 Å². The van der Waals surface area contributed by atoms with Crippen LogP contribution < -0.4 is 9.64 Å². The van der Waals surface area contributed by atoms with Gasteiger partial charge in [-0.05, 0) is 66.9 Å². The summed E-state index contributed by atoms with van der Waals surface area (Å²) >= 11 is 1.34. The molecule has 0 bridgehead atoms. The number of nitrogens with zero attached hydrogens (tertiary/aromatic N) is 3. The van der Waals surface area contributed by atoms with Gasteiger partial charge in [0.05, 0.1) is 21.8 Å². The molecule has 0 spiro atoms. The molecule has 2 atom stereocenters. The lowest BCUT2D eigenvalue weighted by atomic mass is 9.95. The molecule has 0 saturated carbocycles. The quantitative estimate of drug-likeness (QED) is 0.252. The number of rotatable bonds is 3. The van der Waals surface area contributed by atoms with Crippen LogP contribution in [0.4, 0.5) is 5.13 Å². The number of hydrogen-bond donors (Lipinski definition) is 1. The van der Waals surface area contributed by atoms with Crippen LogP contribution in [0.15, 0.2) is 66.5 Å². The van der Waals surface area contributed by atoms with Gasteiger partial charge in [-0.1, -0.05) is 23.5 Å². The number of benzene rings is 2. The number of ketones is 1. The Labute approximate surface area is 205 Å². The van der Waals surface area contributed by atoms with Gasteiger partial charge >= 0.3 is 5.91 Å². The zero-order valence-electron chi connectivity index (χ0n) is 19.1. The van der Waals surface area contributed by atoms with E-state index >= 15 is 0 Å². The van der Waals surface area contributed by atoms with Crippen LogP contribution in [0.25, 0.3) is 16.0 Å². The molecule has 2 aliphatic heterocycles. The van der Waals surface area contributed by atoms with E-state index in [0.717, 1.165) is 27.1 Å². The molecular weight excluding hydrogens is 462 g/mol. The first-order chi connectivity index (χ1) is 16.9. The van der Waals surface area contributed by atoms with Gasteiger partial charge in [-0.15, -0.1) is 0 Å². The number of aromatic nitrogens is 2. The molecule has 1 saturated heterocycles. The first-order valence-corrected chi connectivity index (χ1v) is 12.1. The summed E-state index contributed by atoms with van der Waals surface area (Å²) in [6, 6.07) is 13.9. The molecule has 35 heavy (non-hydrogen) atoms. The van der Waals surface area contributed by atoms with Crippen LogP contribution in [0.1, 0.15) is 35.2 Å². The molecule has 4 aromatic rings. The molecule has 1 amide bonds. The number of pyridine rings is 1. The van der Waals surface area contributed by atoms with Gasteiger partial charge in [-0.2, -0.15) is 0 Å². The zero-order chi connectivity index (χ0) is 24.3. The second-order valence-corrected chi connectivity index (χ2v) is 9.89. The number of aryl methyl sites for hydroxylation is 1. The van der Waals surface area contributed by atoms with Crippen LogP contribution in [-0.2, 0) is 16.0 Å². The number of hydrogen-bond acceptors (Lipinski definition) is 7. The van der Waals surface area contributed by atoms with Crippen molar-refractivity contribution in [3.63, 3.8) is 0 Å². The first kappa shape index (κ1) is 21.5. The maximum Gasteiger partial charge on any atom is 0.301 e. The fourth-order valence-electron chi connectivity index (χ4n) is 4.73. The molecule has 1 N–H and O–H groups in total. The van der Waals surface area contributed by atoms with E-state index in [1.165, 1.54) is 16.2 Å². The number of carbonyl (C=O) groups excluding carboxylic acids is 2. The molecule has 2 aromatic heterocycles. The third-order valence-corrected chi connectivity index (χ3v) is 7.37. The SMILES string of the molecule is Cc1ccc2nc(N3C(=O)C(=O)/C(=C(\O)c4ccc5c(c4)CC(C)O5)C3c3cccnc3)sc2c1. The number of amides is 1. The van der Waals surface area contributed by atoms with E-state index < -0.39 is 17.7 Å². The van der Waals surface area contributed by atoms with Crippen molar-refractivity contribution in [2.24, 2.45) is 0 Å². The monoisotopic (exact) mass is 483 g/mol. The predicted molar refractivity (Wildman–Crippen MR) is 134 cm³/mol. The Morgan fingerprint density at radius 3 is 2.83 bits per heavy atom. The van der Waals surface area contributed by atoms with Crippen molar-refractivity contribution in [2.75, 3.05) is 4.90 Å². The standard InChI is InChI=1S/C27H21N3O4S/c1-14-5-7-19-21(10-14)35-27(29-19)30-23(17-4-3-9-28-13-17)22(25(32)26(30)33)24(31)16-6-8-20-18(12-16)11-15(2)34-20/h3-10,12-13,15,23,31H,11H2,1-2H3/b24-22-. The third-order valence-electron chi connectivity index (χ3n) is 6.35. The highest BCUT2D eigenvalue weighted by Crippen LogP contribution is 2.44. The number of Topliss-reactive ketones (excluding diaryl/α,β-unsaturated/α-hetero) is 1. The van der Waals surface area contributed by atoms with Crippen molar-refractivity contribution in [3.8, 4) is 5.75 Å². The second-order valence-electron chi connectivity index (χ2n) is 8.88. The van der Waals surface area contributed by atoms with Crippen molar-refractivity contribution < 1.29 is 19.4 Å². The van der Waals surface area contributed by atoms with Crippen molar-refractivity contribution in [3.05, 3.63) is 88.8 Å². The summed E-state index contributed by atoms with van der Waals surface area (Å²) in [7, 11) is 0. The van der Waals surface area contributed by atoms with Crippen molar-refractivity contribution in [1.29, 1.82) is 0 Å². The Hall–Kier alpha value is -4.04. The van der Waals surface area contributed by atoms with Gasteiger partial charge in [-0.25, -0.2) is 4.98 Å². The molecule has 4 heterocycles. The van der Waals surface area contributed by atoms with Crippen LogP contribution in [0.2, 0.25) is 0 Å². The number of ether oxygens (including phenoxy) is 1. The van der Waals surface area contributed by atoms with Crippen LogP contribution in [0.3, 0.4) is 0 Å². The van der Waals surface area contributed by atoms with Gasteiger partial charge in [0.15, 0.2) is 5.13 Å². The van der Waals surface area contributed by atoms with Crippen molar-refractivity contribution in [2.45, 2.75) is 32.4 Å². The van der Waals surface area contributed by atoms with E-state index in [1.54, 1.807) is 36.7 Å². The fourth-order valence-corrected chi connectivity index (χ4v) is 5.82. The molecule has 2 unspecified atom stereocenters. The Morgan fingerprint density at radius 2 is 2.03 bits per heavy atom. The molecule has 1 fully saturated rings. The summed E-state index contributed by atoms with van der Waals surface area (Å²) in [5, 5.41) is 11.8. The predicted octanol–water partition coefficient (Wildman–Crippen LogP) is 4.95. The van der Waals surface area contributed by atoms with E-state index in [2.05, 4.69) is 9.97 Å². The molecule has 0 radical (unpaired) electrons. The number of aliphatic hydroxyl groups excluding tert-OH is 1. The molecule has 2 aromatic carbocycles. The topological polar surface area (TPSA) is 92.6 Å². The molecule has 7 nitrogen and oxygen atoms in total. The van der Waals surface area contributed by atoms with Crippen molar-refractivity contribution in [1.82, 2.24) is 9.97 Å². The minimum Gasteiger partial charge on any atom is -0.507 e. The Kier molecular flexibility index (Phi) is 4.93. The van der Waals surface area contributed by atoms with E-state index in [-0.39, 0.29) is 17.4 Å². The maximum atomic E-state index is 13.4. The number of thiazole rings is 1. The third kappa shape index (κ3) is 3.49. The summed E-state index contributed by atoms with van der Waals surface area (Å²) in [6.45, 7) is 3.97. The highest BCUT2D eigenvalue weighted by molar-refractivity contribution is 7.22. The van der Waals surface area contributed by atoms with Crippen LogP contribution in [-0.4, -0.2) is 32.9 Å². The van der Waals surface area contributed by atoms with Gasteiger partial charge in [0, 0.05) is 24.4 Å².